The quantitative estimate of drug-likeness (QED) is 0.838. The van der Waals surface area contributed by atoms with E-state index in [1.54, 1.807) is 24.1 Å². The third kappa shape index (κ3) is 4.48. The van der Waals surface area contributed by atoms with Crippen LogP contribution in [0.1, 0.15) is 54.6 Å². The van der Waals surface area contributed by atoms with Crippen molar-refractivity contribution in [2.45, 2.75) is 38.6 Å². The van der Waals surface area contributed by atoms with Gasteiger partial charge in [0.15, 0.2) is 0 Å². The zero-order valence-corrected chi connectivity index (χ0v) is 15.9. The lowest BCUT2D eigenvalue weighted by molar-refractivity contribution is -0.119. The van der Waals surface area contributed by atoms with Crippen molar-refractivity contribution < 1.29 is 14.3 Å². The maximum absolute atomic E-state index is 12.6. The molecule has 5 heteroatoms. The second-order valence-corrected chi connectivity index (χ2v) is 6.76. The van der Waals surface area contributed by atoms with Crippen LogP contribution in [0, 0.1) is 0 Å². The van der Waals surface area contributed by atoms with Crippen LogP contribution in [0.4, 0.5) is 5.69 Å². The van der Waals surface area contributed by atoms with E-state index in [1.165, 1.54) is 0 Å². The second kappa shape index (κ2) is 8.71. The molecule has 27 heavy (non-hydrogen) atoms. The zero-order valence-electron chi connectivity index (χ0n) is 15.9. The molecule has 1 heterocycles. The Labute approximate surface area is 160 Å². The number of methoxy groups -OCH3 is 1. The van der Waals surface area contributed by atoms with Crippen LogP contribution in [0.3, 0.4) is 0 Å². The Bertz CT molecular complexity index is 784. The van der Waals surface area contributed by atoms with Crippen molar-refractivity contribution in [1.82, 2.24) is 5.32 Å². The van der Waals surface area contributed by atoms with Gasteiger partial charge in [0.2, 0.25) is 5.91 Å². The number of carbonyl (C=O) groups is 2. The van der Waals surface area contributed by atoms with Gasteiger partial charge >= 0.3 is 0 Å². The van der Waals surface area contributed by atoms with Gasteiger partial charge in [-0.2, -0.15) is 0 Å². The van der Waals surface area contributed by atoms with Gasteiger partial charge < -0.3 is 15.0 Å². The lowest BCUT2D eigenvalue weighted by Gasteiger charge is -2.27. The summed E-state index contributed by atoms with van der Waals surface area (Å²) in [6.07, 6.45) is 3.37. The number of amides is 2. The number of benzene rings is 2. The van der Waals surface area contributed by atoms with E-state index in [4.69, 9.17) is 4.74 Å². The normalized spacial score (nSPS) is 15.3. The Morgan fingerprint density at radius 1 is 1.11 bits per heavy atom. The Balaban J connectivity index is 1.68. The van der Waals surface area contributed by atoms with E-state index in [-0.39, 0.29) is 17.9 Å². The number of carbonyl (C=O) groups excluding carboxylic acids is 2. The average Bonchev–Trinajstić information content (AvgIpc) is 2.72. The first kappa shape index (κ1) is 19.0. The van der Waals surface area contributed by atoms with Crippen LogP contribution in [0.15, 0.2) is 48.5 Å². The van der Waals surface area contributed by atoms with E-state index in [0.717, 1.165) is 42.8 Å². The molecule has 0 bridgehead atoms. The van der Waals surface area contributed by atoms with Gasteiger partial charge in [-0.25, -0.2) is 0 Å². The summed E-state index contributed by atoms with van der Waals surface area (Å²) in [6, 6.07) is 15.0. The van der Waals surface area contributed by atoms with E-state index < -0.39 is 0 Å². The van der Waals surface area contributed by atoms with E-state index in [1.807, 2.05) is 43.3 Å². The van der Waals surface area contributed by atoms with Crippen molar-refractivity contribution in [3.05, 3.63) is 59.7 Å². The predicted octanol–water partition coefficient (Wildman–Crippen LogP) is 4.09. The number of ether oxygens (including phenoxy) is 1. The van der Waals surface area contributed by atoms with Crippen molar-refractivity contribution in [2.75, 3.05) is 18.6 Å². The van der Waals surface area contributed by atoms with E-state index in [2.05, 4.69) is 5.32 Å². The van der Waals surface area contributed by atoms with E-state index >= 15 is 0 Å². The summed E-state index contributed by atoms with van der Waals surface area (Å²) in [6.45, 7) is 2.79. The third-order valence-electron chi connectivity index (χ3n) is 5.00. The summed E-state index contributed by atoms with van der Waals surface area (Å²) in [5, 5.41) is 3.08. The molecule has 5 nitrogen and oxygen atoms in total. The highest BCUT2D eigenvalue weighted by atomic mass is 16.5. The predicted molar refractivity (Wildman–Crippen MR) is 106 cm³/mol. The molecule has 2 amide bonds. The van der Waals surface area contributed by atoms with Crippen LogP contribution < -0.4 is 15.0 Å². The number of piperidine rings is 1. The molecule has 2 aromatic rings. The number of hydrogen-bond acceptors (Lipinski definition) is 3. The van der Waals surface area contributed by atoms with Gasteiger partial charge in [0.1, 0.15) is 5.75 Å². The fourth-order valence-corrected chi connectivity index (χ4v) is 3.37. The minimum absolute atomic E-state index is 0.0632. The number of nitrogens with one attached hydrogen (secondary N) is 1. The first-order valence-electron chi connectivity index (χ1n) is 9.47. The van der Waals surface area contributed by atoms with Crippen LogP contribution in [-0.4, -0.2) is 25.5 Å². The smallest absolute Gasteiger partial charge is 0.251 e. The topological polar surface area (TPSA) is 58.6 Å². The van der Waals surface area contributed by atoms with Gasteiger partial charge in [0.25, 0.3) is 5.91 Å². The summed E-state index contributed by atoms with van der Waals surface area (Å²) in [5.74, 6) is 0.834. The molecule has 0 aliphatic carbocycles. The van der Waals surface area contributed by atoms with Gasteiger partial charge in [-0.05, 0) is 61.2 Å². The number of rotatable bonds is 6. The molecule has 0 spiro atoms. The van der Waals surface area contributed by atoms with Crippen molar-refractivity contribution in [1.29, 1.82) is 0 Å². The minimum Gasteiger partial charge on any atom is -0.497 e. The molecule has 1 fully saturated rings. The summed E-state index contributed by atoms with van der Waals surface area (Å²) in [4.78, 5) is 26.5. The number of anilines is 1. The molecule has 0 radical (unpaired) electrons. The summed E-state index contributed by atoms with van der Waals surface area (Å²) in [7, 11) is 1.63. The maximum atomic E-state index is 12.6. The molecule has 0 saturated carbocycles. The summed E-state index contributed by atoms with van der Waals surface area (Å²) in [5.41, 5.74) is 2.50. The lowest BCUT2D eigenvalue weighted by Crippen LogP contribution is -2.35. The third-order valence-corrected chi connectivity index (χ3v) is 5.00. The Morgan fingerprint density at radius 2 is 1.81 bits per heavy atom. The van der Waals surface area contributed by atoms with Crippen LogP contribution in [0.2, 0.25) is 0 Å². The molecule has 1 aliphatic rings. The number of nitrogens with zero attached hydrogens (tertiary/aromatic N) is 1. The second-order valence-electron chi connectivity index (χ2n) is 6.76. The molecule has 1 N–H and O–H groups in total. The maximum Gasteiger partial charge on any atom is 0.251 e. The minimum atomic E-state index is -0.116. The van der Waals surface area contributed by atoms with Crippen LogP contribution >= 0.6 is 0 Å². The van der Waals surface area contributed by atoms with Gasteiger partial charge in [0.05, 0.1) is 13.2 Å². The molecule has 1 atom stereocenters. The fraction of sp³-hybridized carbons (Fsp3) is 0.364. The molecule has 2 aromatic carbocycles. The van der Waals surface area contributed by atoms with Crippen molar-refractivity contribution in [3.63, 3.8) is 0 Å². The van der Waals surface area contributed by atoms with Crippen molar-refractivity contribution >= 4 is 17.5 Å². The van der Waals surface area contributed by atoms with Crippen LogP contribution in [0.5, 0.6) is 5.75 Å². The van der Waals surface area contributed by atoms with Crippen molar-refractivity contribution in [2.24, 2.45) is 0 Å². The Kier molecular flexibility index (Phi) is 6.12. The Morgan fingerprint density at radius 3 is 2.41 bits per heavy atom. The SMILES string of the molecule is CCC(NC(=O)c1ccc(N2CCCCC2=O)cc1)c1ccc(OC)cc1. The highest BCUT2D eigenvalue weighted by molar-refractivity contribution is 5.97. The standard InChI is InChI=1S/C22H26N2O3/c1-3-20(16-9-13-19(27-2)14-10-16)23-22(26)17-7-11-18(12-8-17)24-15-5-4-6-21(24)25/h7-14,20H,3-6,15H2,1-2H3,(H,23,26). The van der Waals surface area contributed by atoms with E-state index in [0.29, 0.717) is 12.0 Å². The molecule has 3 rings (SSSR count). The fourth-order valence-electron chi connectivity index (χ4n) is 3.37. The monoisotopic (exact) mass is 366 g/mol. The van der Waals surface area contributed by atoms with Gasteiger partial charge in [-0.15, -0.1) is 0 Å². The van der Waals surface area contributed by atoms with Crippen molar-refractivity contribution in [3.8, 4) is 5.75 Å². The zero-order chi connectivity index (χ0) is 19.2. The molecule has 1 aliphatic heterocycles. The van der Waals surface area contributed by atoms with Gasteiger partial charge in [0, 0.05) is 24.2 Å². The highest BCUT2D eigenvalue weighted by Gasteiger charge is 2.20. The first-order valence-corrected chi connectivity index (χ1v) is 9.47. The first-order chi connectivity index (χ1) is 13.1. The lowest BCUT2D eigenvalue weighted by atomic mass is 10.0. The molecule has 1 saturated heterocycles. The van der Waals surface area contributed by atoms with Crippen LogP contribution in [0.25, 0.3) is 0 Å². The molecular weight excluding hydrogens is 340 g/mol. The highest BCUT2D eigenvalue weighted by Crippen LogP contribution is 2.23. The molecule has 1 unspecified atom stereocenters. The average molecular weight is 366 g/mol. The summed E-state index contributed by atoms with van der Waals surface area (Å²) < 4.78 is 5.19. The molecular formula is C22H26N2O3. The number of hydrogen-bond donors (Lipinski definition) is 1. The summed E-state index contributed by atoms with van der Waals surface area (Å²) >= 11 is 0. The van der Waals surface area contributed by atoms with Gasteiger partial charge in [-0.1, -0.05) is 19.1 Å². The Hall–Kier alpha value is -2.82. The van der Waals surface area contributed by atoms with Crippen LogP contribution in [-0.2, 0) is 4.79 Å². The molecule has 142 valence electrons. The molecule has 0 aromatic heterocycles. The van der Waals surface area contributed by atoms with E-state index in [9.17, 15) is 9.59 Å². The largest absolute Gasteiger partial charge is 0.497 e. The van der Waals surface area contributed by atoms with Gasteiger partial charge in [-0.3, -0.25) is 9.59 Å².